The minimum atomic E-state index is -0.318. The van der Waals surface area contributed by atoms with E-state index in [-0.39, 0.29) is 17.4 Å². The van der Waals surface area contributed by atoms with Gasteiger partial charge in [0.2, 0.25) is 5.91 Å². The van der Waals surface area contributed by atoms with Crippen LogP contribution >= 0.6 is 0 Å². The standard InChI is InChI=1S/C39H43N5O2/c1-27-12-18-33(19-13-27)44-36(26-35(42-44)39(2,3)4)41-38(46)40-32-16-14-28(15-17-32)24-29-20-22-43(23-21-29)37(45)25-31-10-7-9-30-8-5-6-11-34(30)31/h5-19,26,29H,20-25H2,1-4H3,(H2,40,41,46). The molecule has 4 aromatic carbocycles. The number of rotatable bonds is 7. The topological polar surface area (TPSA) is 79.3 Å². The van der Waals surface area contributed by atoms with Crippen molar-refractivity contribution in [3.05, 3.63) is 119 Å². The summed E-state index contributed by atoms with van der Waals surface area (Å²) in [5.74, 6) is 1.35. The van der Waals surface area contributed by atoms with Crippen LogP contribution in [0.1, 0.15) is 56.0 Å². The first-order valence-corrected chi connectivity index (χ1v) is 16.2. The van der Waals surface area contributed by atoms with E-state index in [4.69, 9.17) is 5.10 Å². The lowest BCUT2D eigenvalue weighted by atomic mass is 9.90. The van der Waals surface area contributed by atoms with Crippen LogP contribution in [0.3, 0.4) is 0 Å². The molecule has 0 bridgehead atoms. The van der Waals surface area contributed by atoms with Gasteiger partial charge in [-0.25, -0.2) is 9.48 Å². The van der Waals surface area contributed by atoms with Gasteiger partial charge in [-0.3, -0.25) is 10.1 Å². The van der Waals surface area contributed by atoms with Crippen LogP contribution in [0.2, 0.25) is 0 Å². The molecule has 6 rings (SSSR count). The van der Waals surface area contributed by atoms with Crippen LogP contribution in [-0.4, -0.2) is 39.7 Å². The number of nitrogens with zero attached hydrogens (tertiary/aromatic N) is 3. The Labute approximate surface area is 271 Å². The molecule has 236 valence electrons. The summed E-state index contributed by atoms with van der Waals surface area (Å²) >= 11 is 0. The summed E-state index contributed by atoms with van der Waals surface area (Å²) in [5.41, 5.74) is 5.84. The van der Waals surface area contributed by atoms with Gasteiger partial charge in [0.15, 0.2) is 0 Å². The SMILES string of the molecule is Cc1ccc(-n2nc(C(C)(C)C)cc2NC(=O)Nc2ccc(CC3CCN(C(=O)Cc4cccc5ccccc45)CC3)cc2)cc1. The number of fused-ring (bicyclic) bond motifs is 1. The Bertz CT molecular complexity index is 1820. The number of amides is 3. The highest BCUT2D eigenvalue weighted by Crippen LogP contribution is 2.28. The van der Waals surface area contributed by atoms with E-state index in [0.717, 1.165) is 65.9 Å². The third-order valence-electron chi connectivity index (χ3n) is 8.92. The Balaban J connectivity index is 1.01. The van der Waals surface area contributed by atoms with Crippen molar-refractivity contribution in [1.82, 2.24) is 14.7 Å². The molecular formula is C39H43N5O2. The maximum Gasteiger partial charge on any atom is 0.324 e. The van der Waals surface area contributed by atoms with E-state index in [9.17, 15) is 9.59 Å². The zero-order valence-corrected chi connectivity index (χ0v) is 27.2. The van der Waals surface area contributed by atoms with Crippen LogP contribution in [-0.2, 0) is 23.1 Å². The van der Waals surface area contributed by atoms with Crippen molar-refractivity contribution in [3.8, 4) is 5.69 Å². The summed E-state index contributed by atoms with van der Waals surface area (Å²) in [5, 5.41) is 13.1. The van der Waals surface area contributed by atoms with Gasteiger partial charge < -0.3 is 10.2 Å². The Morgan fingerprint density at radius 2 is 1.54 bits per heavy atom. The molecule has 0 unspecified atom stereocenters. The molecule has 0 aliphatic carbocycles. The summed E-state index contributed by atoms with van der Waals surface area (Å²) in [7, 11) is 0. The minimum Gasteiger partial charge on any atom is -0.342 e. The molecule has 5 aromatic rings. The van der Waals surface area contributed by atoms with Crippen LogP contribution < -0.4 is 10.6 Å². The lowest BCUT2D eigenvalue weighted by Crippen LogP contribution is -2.39. The highest BCUT2D eigenvalue weighted by Gasteiger charge is 2.24. The summed E-state index contributed by atoms with van der Waals surface area (Å²) in [4.78, 5) is 28.2. The van der Waals surface area contributed by atoms with Crippen LogP contribution in [0, 0.1) is 12.8 Å². The highest BCUT2D eigenvalue weighted by molar-refractivity contribution is 5.99. The maximum absolute atomic E-state index is 13.1. The zero-order chi connectivity index (χ0) is 32.3. The Morgan fingerprint density at radius 3 is 2.26 bits per heavy atom. The zero-order valence-electron chi connectivity index (χ0n) is 27.2. The van der Waals surface area contributed by atoms with Gasteiger partial charge in [0, 0.05) is 30.3 Å². The third-order valence-corrected chi connectivity index (χ3v) is 8.92. The van der Waals surface area contributed by atoms with Gasteiger partial charge in [-0.05, 0) is 78.3 Å². The highest BCUT2D eigenvalue weighted by atomic mass is 16.2. The Kier molecular flexibility index (Phi) is 8.93. The Hall–Kier alpha value is -4.91. The van der Waals surface area contributed by atoms with E-state index in [0.29, 0.717) is 18.2 Å². The van der Waals surface area contributed by atoms with E-state index >= 15 is 0 Å². The van der Waals surface area contributed by atoms with E-state index in [1.165, 1.54) is 10.9 Å². The fourth-order valence-corrected chi connectivity index (χ4v) is 6.16. The molecule has 1 aliphatic rings. The van der Waals surface area contributed by atoms with Crippen molar-refractivity contribution in [2.24, 2.45) is 5.92 Å². The number of hydrogen-bond acceptors (Lipinski definition) is 3. The molecule has 2 heterocycles. The van der Waals surface area contributed by atoms with Crippen molar-refractivity contribution in [2.75, 3.05) is 23.7 Å². The summed E-state index contributed by atoms with van der Waals surface area (Å²) in [6.07, 6.45) is 3.40. The van der Waals surface area contributed by atoms with Gasteiger partial charge in [-0.1, -0.05) is 93.1 Å². The molecule has 1 aromatic heterocycles. The number of carbonyl (C=O) groups is 2. The molecular weight excluding hydrogens is 570 g/mol. The monoisotopic (exact) mass is 613 g/mol. The van der Waals surface area contributed by atoms with Crippen molar-refractivity contribution < 1.29 is 9.59 Å². The molecule has 1 fully saturated rings. The maximum atomic E-state index is 13.1. The van der Waals surface area contributed by atoms with E-state index in [2.05, 4.69) is 67.8 Å². The van der Waals surface area contributed by atoms with Crippen molar-refractivity contribution in [3.63, 3.8) is 0 Å². The average Bonchev–Trinajstić information content (AvgIpc) is 3.47. The molecule has 0 saturated carbocycles. The molecule has 1 saturated heterocycles. The molecule has 46 heavy (non-hydrogen) atoms. The number of aromatic nitrogens is 2. The van der Waals surface area contributed by atoms with Gasteiger partial charge in [0.05, 0.1) is 17.8 Å². The number of carbonyl (C=O) groups excluding carboxylic acids is 2. The summed E-state index contributed by atoms with van der Waals surface area (Å²) in [6, 6.07) is 32.2. The fraction of sp³-hybridized carbons (Fsp3) is 0.308. The van der Waals surface area contributed by atoms with Gasteiger partial charge in [-0.2, -0.15) is 5.10 Å². The largest absolute Gasteiger partial charge is 0.342 e. The first-order valence-electron chi connectivity index (χ1n) is 16.2. The first-order chi connectivity index (χ1) is 22.1. The van der Waals surface area contributed by atoms with E-state index in [1.54, 1.807) is 4.68 Å². The predicted octanol–water partition coefficient (Wildman–Crippen LogP) is 8.30. The first kappa shape index (κ1) is 31.1. The number of nitrogens with one attached hydrogen (secondary N) is 2. The van der Waals surface area contributed by atoms with Crippen LogP contribution in [0.15, 0.2) is 97.1 Å². The second-order valence-corrected chi connectivity index (χ2v) is 13.5. The summed E-state index contributed by atoms with van der Waals surface area (Å²) in [6.45, 7) is 9.96. The number of benzene rings is 4. The van der Waals surface area contributed by atoms with Crippen LogP contribution in [0.4, 0.5) is 16.3 Å². The molecule has 0 atom stereocenters. The fourth-order valence-electron chi connectivity index (χ4n) is 6.16. The van der Waals surface area contributed by atoms with Crippen molar-refractivity contribution in [1.29, 1.82) is 0 Å². The third kappa shape index (κ3) is 7.31. The minimum absolute atomic E-state index is 0.164. The number of likely N-dealkylation sites (tertiary alicyclic amines) is 1. The smallest absolute Gasteiger partial charge is 0.324 e. The van der Waals surface area contributed by atoms with Crippen molar-refractivity contribution in [2.45, 2.75) is 58.8 Å². The molecule has 7 heteroatoms. The van der Waals surface area contributed by atoms with Gasteiger partial charge in [0.25, 0.3) is 0 Å². The average molecular weight is 614 g/mol. The van der Waals surface area contributed by atoms with Crippen LogP contribution in [0.25, 0.3) is 16.5 Å². The number of urea groups is 1. The second-order valence-electron chi connectivity index (χ2n) is 13.5. The van der Waals surface area contributed by atoms with E-state index in [1.807, 2.05) is 72.5 Å². The number of hydrogen-bond donors (Lipinski definition) is 2. The summed E-state index contributed by atoms with van der Waals surface area (Å²) < 4.78 is 1.78. The van der Waals surface area contributed by atoms with Crippen molar-refractivity contribution >= 4 is 34.2 Å². The van der Waals surface area contributed by atoms with Gasteiger partial charge >= 0.3 is 6.03 Å². The van der Waals surface area contributed by atoms with E-state index < -0.39 is 0 Å². The quantitative estimate of drug-likeness (QED) is 0.194. The molecule has 1 aliphatic heterocycles. The number of aryl methyl sites for hydroxylation is 1. The molecule has 0 radical (unpaired) electrons. The second kappa shape index (κ2) is 13.2. The number of piperidine rings is 1. The Morgan fingerprint density at radius 1 is 0.848 bits per heavy atom. The van der Waals surface area contributed by atoms with Crippen LogP contribution in [0.5, 0.6) is 0 Å². The lowest BCUT2D eigenvalue weighted by molar-refractivity contribution is -0.131. The molecule has 0 spiro atoms. The normalized spacial score (nSPS) is 14.0. The lowest BCUT2D eigenvalue weighted by Gasteiger charge is -2.32. The predicted molar refractivity (Wildman–Crippen MR) is 187 cm³/mol. The van der Waals surface area contributed by atoms with Gasteiger partial charge in [-0.15, -0.1) is 0 Å². The molecule has 2 N–H and O–H groups in total. The van der Waals surface area contributed by atoms with Gasteiger partial charge in [0.1, 0.15) is 5.82 Å². The molecule has 7 nitrogen and oxygen atoms in total. The molecule has 3 amide bonds. The number of anilines is 2.